The SMILES string of the molecule is CC(F)(Cc1ccccc1Br)CC1CCCCN1. The highest BCUT2D eigenvalue weighted by atomic mass is 79.9. The molecule has 0 spiro atoms. The Kier molecular flexibility index (Phi) is 4.79. The topological polar surface area (TPSA) is 12.0 Å². The fourth-order valence-corrected chi connectivity index (χ4v) is 3.15. The molecule has 1 aromatic rings. The quantitative estimate of drug-likeness (QED) is 0.876. The second-order valence-corrected chi connectivity index (χ2v) is 6.39. The Labute approximate surface area is 117 Å². The summed E-state index contributed by atoms with van der Waals surface area (Å²) in [4.78, 5) is 0. The molecule has 0 aliphatic carbocycles. The van der Waals surface area contributed by atoms with E-state index >= 15 is 0 Å². The van der Waals surface area contributed by atoms with Crippen molar-refractivity contribution in [3.8, 4) is 0 Å². The summed E-state index contributed by atoms with van der Waals surface area (Å²) < 4.78 is 15.7. The highest BCUT2D eigenvalue weighted by Crippen LogP contribution is 2.29. The summed E-state index contributed by atoms with van der Waals surface area (Å²) in [6.07, 6.45) is 4.64. The summed E-state index contributed by atoms with van der Waals surface area (Å²) >= 11 is 3.49. The Morgan fingerprint density at radius 3 is 2.83 bits per heavy atom. The first-order chi connectivity index (χ1) is 8.57. The normalized spacial score (nSPS) is 23.6. The molecule has 0 bridgehead atoms. The third kappa shape index (κ3) is 4.06. The van der Waals surface area contributed by atoms with E-state index in [-0.39, 0.29) is 0 Å². The van der Waals surface area contributed by atoms with Crippen molar-refractivity contribution in [2.24, 2.45) is 0 Å². The molecular weight excluding hydrogens is 293 g/mol. The van der Waals surface area contributed by atoms with Crippen LogP contribution in [-0.4, -0.2) is 18.3 Å². The van der Waals surface area contributed by atoms with Gasteiger partial charge in [0.2, 0.25) is 0 Å². The van der Waals surface area contributed by atoms with E-state index in [9.17, 15) is 4.39 Å². The summed E-state index contributed by atoms with van der Waals surface area (Å²) in [7, 11) is 0. The number of nitrogens with one attached hydrogen (secondary N) is 1. The molecule has 1 N–H and O–H groups in total. The van der Waals surface area contributed by atoms with Crippen LogP contribution in [0, 0.1) is 0 Å². The molecule has 0 radical (unpaired) electrons. The Morgan fingerprint density at radius 2 is 2.17 bits per heavy atom. The lowest BCUT2D eigenvalue weighted by molar-refractivity contribution is 0.145. The molecule has 100 valence electrons. The monoisotopic (exact) mass is 313 g/mol. The van der Waals surface area contributed by atoms with E-state index in [0.29, 0.717) is 18.9 Å². The van der Waals surface area contributed by atoms with E-state index in [1.54, 1.807) is 6.92 Å². The lowest BCUT2D eigenvalue weighted by Gasteiger charge is -2.30. The highest BCUT2D eigenvalue weighted by molar-refractivity contribution is 9.10. The molecular formula is C15H21BrFN. The van der Waals surface area contributed by atoms with Gasteiger partial charge in [0, 0.05) is 16.9 Å². The smallest absolute Gasteiger partial charge is 0.113 e. The first kappa shape index (κ1) is 14.0. The van der Waals surface area contributed by atoms with Gasteiger partial charge in [-0.15, -0.1) is 0 Å². The van der Waals surface area contributed by atoms with Crippen LogP contribution in [0.3, 0.4) is 0 Å². The van der Waals surface area contributed by atoms with Crippen LogP contribution in [0.4, 0.5) is 4.39 Å². The average molecular weight is 314 g/mol. The van der Waals surface area contributed by atoms with Crippen LogP contribution in [0.2, 0.25) is 0 Å². The minimum absolute atomic E-state index is 0.344. The Balaban J connectivity index is 1.96. The standard InChI is InChI=1S/C15H21BrFN/c1-15(17,11-13-7-4-5-9-18-13)10-12-6-2-3-8-14(12)16/h2-3,6,8,13,18H,4-5,7,9-11H2,1H3. The summed E-state index contributed by atoms with van der Waals surface area (Å²) in [5.41, 5.74) is -0.0860. The van der Waals surface area contributed by atoms with E-state index < -0.39 is 5.67 Å². The van der Waals surface area contributed by atoms with Gasteiger partial charge in [0.25, 0.3) is 0 Å². The lowest BCUT2D eigenvalue weighted by Crippen LogP contribution is -2.40. The first-order valence-electron chi connectivity index (χ1n) is 6.72. The van der Waals surface area contributed by atoms with Crippen molar-refractivity contribution in [3.05, 3.63) is 34.3 Å². The van der Waals surface area contributed by atoms with Crippen LogP contribution in [-0.2, 0) is 6.42 Å². The predicted molar refractivity (Wildman–Crippen MR) is 77.6 cm³/mol. The molecule has 0 saturated carbocycles. The lowest BCUT2D eigenvalue weighted by atomic mass is 9.88. The van der Waals surface area contributed by atoms with Crippen LogP contribution in [0.25, 0.3) is 0 Å². The molecule has 1 aliphatic rings. The van der Waals surface area contributed by atoms with Gasteiger partial charge < -0.3 is 5.32 Å². The predicted octanol–water partition coefficient (Wildman–Crippen LogP) is 4.25. The largest absolute Gasteiger partial charge is 0.314 e. The average Bonchev–Trinajstić information content (AvgIpc) is 2.32. The van der Waals surface area contributed by atoms with Crippen molar-refractivity contribution < 1.29 is 4.39 Å². The number of hydrogen-bond acceptors (Lipinski definition) is 1. The molecule has 0 amide bonds. The fraction of sp³-hybridized carbons (Fsp3) is 0.600. The van der Waals surface area contributed by atoms with Crippen LogP contribution in [0.5, 0.6) is 0 Å². The van der Waals surface area contributed by atoms with E-state index in [0.717, 1.165) is 23.0 Å². The number of piperidine rings is 1. The maximum Gasteiger partial charge on any atom is 0.113 e. The van der Waals surface area contributed by atoms with E-state index in [1.807, 2.05) is 24.3 Å². The van der Waals surface area contributed by atoms with Crippen molar-refractivity contribution in [1.82, 2.24) is 5.32 Å². The number of alkyl halides is 1. The summed E-state index contributed by atoms with van der Waals surface area (Å²) in [6, 6.07) is 8.25. The van der Waals surface area contributed by atoms with Gasteiger partial charge >= 0.3 is 0 Å². The minimum Gasteiger partial charge on any atom is -0.314 e. The fourth-order valence-electron chi connectivity index (χ4n) is 2.72. The van der Waals surface area contributed by atoms with Gasteiger partial charge in [-0.3, -0.25) is 0 Å². The third-order valence-electron chi connectivity index (χ3n) is 3.60. The van der Waals surface area contributed by atoms with Crippen molar-refractivity contribution in [2.45, 2.75) is 50.7 Å². The van der Waals surface area contributed by atoms with Crippen molar-refractivity contribution >= 4 is 15.9 Å². The van der Waals surface area contributed by atoms with Gasteiger partial charge in [-0.05, 0) is 44.4 Å². The summed E-state index contributed by atoms with van der Waals surface area (Å²) in [6.45, 7) is 2.76. The second kappa shape index (κ2) is 6.16. The number of benzene rings is 1. The van der Waals surface area contributed by atoms with Gasteiger partial charge in [-0.1, -0.05) is 40.5 Å². The third-order valence-corrected chi connectivity index (χ3v) is 4.37. The van der Waals surface area contributed by atoms with Crippen LogP contribution in [0.1, 0.15) is 38.2 Å². The molecule has 1 nitrogen and oxygen atoms in total. The molecule has 1 saturated heterocycles. The first-order valence-corrected chi connectivity index (χ1v) is 7.52. The van der Waals surface area contributed by atoms with Gasteiger partial charge in [0.1, 0.15) is 5.67 Å². The Hall–Kier alpha value is -0.410. The molecule has 3 heteroatoms. The number of rotatable bonds is 4. The maximum atomic E-state index is 14.7. The zero-order valence-corrected chi connectivity index (χ0v) is 12.5. The Bertz CT molecular complexity index is 386. The van der Waals surface area contributed by atoms with Crippen LogP contribution < -0.4 is 5.32 Å². The molecule has 2 unspecified atom stereocenters. The molecule has 1 aromatic carbocycles. The molecule has 1 aliphatic heterocycles. The number of halogens is 2. The zero-order valence-electron chi connectivity index (χ0n) is 10.9. The van der Waals surface area contributed by atoms with Gasteiger partial charge in [0.05, 0.1) is 0 Å². The van der Waals surface area contributed by atoms with E-state index in [4.69, 9.17) is 0 Å². The highest BCUT2D eigenvalue weighted by Gasteiger charge is 2.29. The van der Waals surface area contributed by atoms with Crippen molar-refractivity contribution in [3.63, 3.8) is 0 Å². The minimum atomic E-state index is -1.14. The van der Waals surface area contributed by atoms with E-state index in [2.05, 4.69) is 21.2 Å². The maximum absolute atomic E-state index is 14.7. The summed E-state index contributed by atoms with van der Waals surface area (Å²) in [5, 5.41) is 3.42. The summed E-state index contributed by atoms with van der Waals surface area (Å²) in [5.74, 6) is 0. The molecule has 2 rings (SSSR count). The van der Waals surface area contributed by atoms with Gasteiger partial charge in [-0.25, -0.2) is 4.39 Å². The zero-order chi connectivity index (χ0) is 13.0. The molecule has 18 heavy (non-hydrogen) atoms. The van der Waals surface area contributed by atoms with Crippen LogP contribution >= 0.6 is 15.9 Å². The molecule has 1 heterocycles. The van der Waals surface area contributed by atoms with Gasteiger partial charge in [-0.2, -0.15) is 0 Å². The van der Waals surface area contributed by atoms with E-state index in [1.165, 1.54) is 12.8 Å². The molecule has 1 fully saturated rings. The molecule has 0 aromatic heterocycles. The van der Waals surface area contributed by atoms with Crippen LogP contribution in [0.15, 0.2) is 28.7 Å². The van der Waals surface area contributed by atoms with Crippen molar-refractivity contribution in [2.75, 3.05) is 6.54 Å². The second-order valence-electron chi connectivity index (χ2n) is 5.53. The van der Waals surface area contributed by atoms with Crippen molar-refractivity contribution in [1.29, 1.82) is 0 Å². The van der Waals surface area contributed by atoms with Gasteiger partial charge in [0.15, 0.2) is 0 Å². The molecule has 2 atom stereocenters. The number of hydrogen-bond donors (Lipinski definition) is 1. The Morgan fingerprint density at radius 1 is 1.39 bits per heavy atom.